The van der Waals surface area contributed by atoms with E-state index in [1.54, 1.807) is 17.7 Å². The zero-order valence-corrected chi connectivity index (χ0v) is 11.6. The highest BCUT2D eigenvalue weighted by Gasteiger charge is 2.18. The Bertz CT molecular complexity index is 465. The molecular formula is C10H20N4O2S. The molecule has 0 bridgehead atoms. The Hall–Kier alpha value is -0.920. The van der Waals surface area contributed by atoms with Crippen molar-refractivity contribution in [1.29, 1.82) is 0 Å². The van der Waals surface area contributed by atoms with Gasteiger partial charge in [-0.05, 0) is 27.9 Å². The number of hydrogen-bond donors (Lipinski definition) is 1. The molecule has 0 atom stereocenters. The van der Waals surface area contributed by atoms with E-state index in [-0.39, 0.29) is 5.03 Å². The summed E-state index contributed by atoms with van der Waals surface area (Å²) in [4.78, 5) is 5.96. The summed E-state index contributed by atoms with van der Waals surface area (Å²) < 4.78 is 28.1. The molecule has 17 heavy (non-hydrogen) atoms. The van der Waals surface area contributed by atoms with Crippen molar-refractivity contribution in [3.05, 3.63) is 12.0 Å². The van der Waals surface area contributed by atoms with E-state index in [0.717, 1.165) is 0 Å². The first kappa shape index (κ1) is 14.1. The normalized spacial score (nSPS) is 12.3. The van der Waals surface area contributed by atoms with Crippen LogP contribution in [0.15, 0.2) is 11.2 Å². The number of imidazole rings is 1. The Labute approximate surface area is 103 Å². The monoisotopic (exact) mass is 260 g/mol. The lowest BCUT2D eigenvalue weighted by molar-refractivity contribution is 0.412. The van der Waals surface area contributed by atoms with Gasteiger partial charge in [-0.2, -0.15) is 0 Å². The number of nitrogens with zero attached hydrogens (tertiary/aromatic N) is 3. The molecule has 0 spiro atoms. The van der Waals surface area contributed by atoms with Crippen LogP contribution in [0.4, 0.5) is 0 Å². The maximum absolute atomic E-state index is 11.9. The molecule has 0 aromatic carbocycles. The molecule has 0 saturated heterocycles. The second kappa shape index (κ2) is 5.61. The summed E-state index contributed by atoms with van der Waals surface area (Å²) >= 11 is 0. The van der Waals surface area contributed by atoms with Crippen LogP contribution in [0.25, 0.3) is 0 Å². The molecule has 7 heteroatoms. The lowest BCUT2D eigenvalue weighted by Gasteiger charge is -2.09. The molecule has 1 heterocycles. The van der Waals surface area contributed by atoms with Gasteiger partial charge in [-0.3, -0.25) is 0 Å². The van der Waals surface area contributed by atoms with Crippen LogP contribution in [0.2, 0.25) is 0 Å². The van der Waals surface area contributed by atoms with Crippen molar-refractivity contribution < 1.29 is 8.42 Å². The molecule has 6 nitrogen and oxygen atoms in total. The van der Waals surface area contributed by atoms with Gasteiger partial charge in [0.25, 0.3) is 10.0 Å². The number of aryl methyl sites for hydroxylation is 2. The van der Waals surface area contributed by atoms with E-state index >= 15 is 0 Å². The van der Waals surface area contributed by atoms with Gasteiger partial charge in [0, 0.05) is 25.8 Å². The molecule has 0 radical (unpaired) electrons. The highest BCUT2D eigenvalue weighted by Crippen LogP contribution is 2.08. The third kappa shape index (κ3) is 3.79. The maximum atomic E-state index is 11.9. The molecule has 0 aliphatic rings. The predicted octanol–water partition coefficient (Wildman–Crippen LogP) is 0.0513. The number of aromatic nitrogens is 2. The summed E-state index contributed by atoms with van der Waals surface area (Å²) in [5, 5.41) is 0.0932. The second-order valence-corrected chi connectivity index (χ2v) is 5.83. The van der Waals surface area contributed by atoms with E-state index in [2.05, 4.69) is 9.71 Å². The summed E-state index contributed by atoms with van der Waals surface area (Å²) in [5.41, 5.74) is 0. The summed E-state index contributed by atoms with van der Waals surface area (Å²) in [5.74, 6) is 0.709. The van der Waals surface area contributed by atoms with E-state index in [0.29, 0.717) is 25.5 Å². The van der Waals surface area contributed by atoms with Gasteiger partial charge in [-0.25, -0.2) is 18.1 Å². The summed E-state index contributed by atoms with van der Waals surface area (Å²) in [6, 6.07) is 0. The van der Waals surface area contributed by atoms with Crippen molar-refractivity contribution in [3.63, 3.8) is 0 Å². The van der Waals surface area contributed by atoms with Crippen LogP contribution in [0.5, 0.6) is 0 Å². The van der Waals surface area contributed by atoms with E-state index < -0.39 is 10.0 Å². The maximum Gasteiger partial charge on any atom is 0.259 e. The van der Waals surface area contributed by atoms with Gasteiger partial charge in [0.15, 0.2) is 5.03 Å². The Morgan fingerprint density at radius 3 is 2.59 bits per heavy atom. The Kier molecular flexibility index (Phi) is 4.67. The van der Waals surface area contributed by atoms with Crippen LogP contribution in [0, 0.1) is 6.92 Å². The van der Waals surface area contributed by atoms with Crippen LogP contribution in [0.3, 0.4) is 0 Å². The van der Waals surface area contributed by atoms with Gasteiger partial charge in [0.1, 0.15) is 5.82 Å². The standard InChI is InChI=1S/C10H20N4O2S/c1-5-14-8-10(12-9(14)2)17(15,16)11-6-7-13(3)4/h8,11H,5-7H2,1-4H3. The molecule has 0 aliphatic heterocycles. The van der Waals surface area contributed by atoms with Crippen molar-refractivity contribution in [1.82, 2.24) is 19.2 Å². The van der Waals surface area contributed by atoms with E-state index in [1.807, 2.05) is 25.9 Å². The van der Waals surface area contributed by atoms with Crippen molar-refractivity contribution in [2.24, 2.45) is 0 Å². The summed E-state index contributed by atoms with van der Waals surface area (Å²) in [6.45, 7) is 5.50. The average molecular weight is 260 g/mol. The fourth-order valence-electron chi connectivity index (χ4n) is 1.41. The van der Waals surface area contributed by atoms with E-state index in [9.17, 15) is 8.42 Å². The minimum Gasteiger partial charge on any atom is -0.334 e. The number of rotatable bonds is 6. The third-order valence-corrected chi connectivity index (χ3v) is 3.75. The Morgan fingerprint density at radius 1 is 1.47 bits per heavy atom. The van der Waals surface area contributed by atoms with Crippen LogP contribution >= 0.6 is 0 Å². The molecule has 1 aromatic heterocycles. The van der Waals surface area contributed by atoms with Crippen molar-refractivity contribution >= 4 is 10.0 Å². The van der Waals surface area contributed by atoms with Crippen LogP contribution < -0.4 is 4.72 Å². The minimum absolute atomic E-state index is 0.0932. The van der Waals surface area contributed by atoms with Crippen molar-refractivity contribution in [3.8, 4) is 0 Å². The molecule has 0 amide bonds. The first-order valence-corrected chi connectivity index (χ1v) is 7.03. The third-order valence-electron chi connectivity index (χ3n) is 2.42. The van der Waals surface area contributed by atoms with Gasteiger partial charge in [-0.15, -0.1) is 0 Å². The smallest absolute Gasteiger partial charge is 0.259 e. The SMILES string of the molecule is CCn1cc(S(=O)(=O)NCCN(C)C)nc1C. The summed E-state index contributed by atoms with van der Waals surface area (Å²) in [6.07, 6.45) is 1.56. The predicted molar refractivity (Wildman–Crippen MR) is 66.4 cm³/mol. The van der Waals surface area contributed by atoms with Gasteiger partial charge in [0.05, 0.1) is 0 Å². The first-order valence-electron chi connectivity index (χ1n) is 5.55. The highest BCUT2D eigenvalue weighted by atomic mass is 32.2. The Morgan fingerprint density at radius 2 is 2.12 bits per heavy atom. The molecule has 1 N–H and O–H groups in total. The molecule has 0 aliphatic carbocycles. The van der Waals surface area contributed by atoms with Crippen molar-refractivity contribution in [2.45, 2.75) is 25.4 Å². The Balaban J connectivity index is 2.75. The number of hydrogen-bond acceptors (Lipinski definition) is 4. The molecule has 0 fully saturated rings. The highest BCUT2D eigenvalue weighted by molar-refractivity contribution is 7.89. The number of sulfonamides is 1. The molecule has 1 rings (SSSR count). The lowest BCUT2D eigenvalue weighted by Crippen LogP contribution is -2.31. The van der Waals surface area contributed by atoms with Gasteiger partial charge >= 0.3 is 0 Å². The first-order chi connectivity index (χ1) is 7.86. The molecular weight excluding hydrogens is 240 g/mol. The number of likely N-dealkylation sites (N-methyl/N-ethyl adjacent to an activating group) is 1. The number of nitrogens with one attached hydrogen (secondary N) is 1. The molecule has 1 aromatic rings. The summed E-state index contributed by atoms with van der Waals surface area (Å²) in [7, 11) is 0.310. The topological polar surface area (TPSA) is 67.2 Å². The molecule has 0 saturated carbocycles. The zero-order chi connectivity index (χ0) is 13.1. The average Bonchev–Trinajstić information content (AvgIpc) is 2.59. The molecule has 0 unspecified atom stereocenters. The zero-order valence-electron chi connectivity index (χ0n) is 10.8. The fraction of sp³-hybridized carbons (Fsp3) is 0.700. The van der Waals surface area contributed by atoms with Crippen molar-refractivity contribution in [2.75, 3.05) is 27.2 Å². The van der Waals surface area contributed by atoms with Crippen LogP contribution in [-0.2, 0) is 16.6 Å². The van der Waals surface area contributed by atoms with Gasteiger partial charge < -0.3 is 9.47 Å². The fourth-order valence-corrected chi connectivity index (χ4v) is 2.43. The largest absolute Gasteiger partial charge is 0.334 e. The van der Waals surface area contributed by atoms with E-state index in [4.69, 9.17) is 0 Å². The van der Waals surface area contributed by atoms with Crippen LogP contribution in [-0.4, -0.2) is 50.1 Å². The quantitative estimate of drug-likeness (QED) is 0.785. The second-order valence-electron chi connectivity index (χ2n) is 4.11. The minimum atomic E-state index is -3.48. The molecule has 98 valence electrons. The van der Waals surface area contributed by atoms with Crippen LogP contribution in [0.1, 0.15) is 12.7 Å². The van der Waals surface area contributed by atoms with Gasteiger partial charge in [-0.1, -0.05) is 0 Å². The van der Waals surface area contributed by atoms with E-state index in [1.165, 1.54) is 0 Å². The lowest BCUT2D eigenvalue weighted by atomic mass is 10.6. The van der Waals surface area contributed by atoms with Gasteiger partial charge in [0.2, 0.25) is 0 Å².